The number of amides is 2. The molecule has 0 aliphatic rings. The van der Waals surface area contributed by atoms with Gasteiger partial charge in [-0.25, -0.2) is 8.42 Å². The Hall–Kier alpha value is -2.21. The summed E-state index contributed by atoms with van der Waals surface area (Å²) < 4.78 is 37.8. The molecule has 10 nitrogen and oxygen atoms in total. The van der Waals surface area contributed by atoms with Gasteiger partial charge in [-0.1, -0.05) is 13.8 Å². The van der Waals surface area contributed by atoms with E-state index >= 15 is 0 Å². The van der Waals surface area contributed by atoms with E-state index in [-0.39, 0.29) is 23.7 Å². The topological polar surface area (TPSA) is 131 Å². The van der Waals surface area contributed by atoms with Gasteiger partial charge in [-0.15, -0.1) is 0 Å². The molecule has 0 heterocycles. The van der Waals surface area contributed by atoms with Gasteiger partial charge in [0.2, 0.25) is 21.8 Å². The van der Waals surface area contributed by atoms with Crippen LogP contribution in [-0.4, -0.2) is 82.5 Å². The molecule has 0 aliphatic carbocycles. The molecule has 0 saturated heterocycles. The molecule has 0 bridgehead atoms. The van der Waals surface area contributed by atoms with Crippen molar-refractivity contribution in [1.82, 2.24) is 9.21 Å². The summed E-state index contributed by atoms with van der Waals surface area (Å²) in [5, 5.41) is 2.67. The Bertz CT molecular complexity index is 811. The van der Waals surface area contributed by atoms with Crippen molar-refractivity contribution in [2.24, 2.45) is 5.73 Å². The van der Waals surface area contributed by atoms with Gasteiger partial charge in [-0.05, 0) is 25.1 Å². The highest BCUT2D eigenvalue weighted by molar-refractivity contribution is 7.89. The minimum Gasteiger partial charge on any atom is -0.492 e. The van der Waals surface area contributed by atoms with Gasteiger partial charge >= 0.3 is 0 Å². The van der Waals surface area contributed by atoms with Gasteiger partial charge < -0.3 is 20.5 Å². The van der Waals surface area contributed by atoms with Crippen molar-refractivity contribution < 1.29 is 27.5 Å². The van der Waals surface area contributed by atoms with E-state index in [4.69, 9.17) is 15.2 Å². The molecule has 0 fully saturated rings. The molecule has 0 atom stereocenters. The largest absolute Gasteiger partial charge is 0.492 e. The van der Waals surface area contributed by atoms with E-state index in [2.05, 4.69) is 5.32 Å². The van der Waals surface area contributed by atoms with Gasteiger partial charge in [-0.3, -0.25) is 14.5 Å². The van der Waals surface area contributed by atoms with Crippen LogP contribution in [0.3, 0.4) is 0 Å². The average Bonchev–Trinajstić information content (AvgIpc) is 2.67. The van der Waals surface area contributed by atoms with Crippen LogP contribution in [0.1, 0.15) is 20.8 Å². The molecule has 0 saturated carbocycles. The minimum atomic E-state index is -3.79. The summed E-state index contributed by atoms with van der Waals surface area (Å²) in [5.41, 5.74) is 5.53. The first-order valence-electron chi connectivity index (χ1n) is 9.75. The number of nitrogens with two attached hydrogens (primary N) is 1. The maximum atomic E-state index is 13.0. The molecule has 0 spiro atoms. The van der Waals surface area contributed by atoms with Crippen molar-refractivity contribution in [3.8, 4) is 5.75 Å². The highest BCUT2D eigenvalue weighted by Crippen LogP contribution is 2.30. The van der Waals surface area contributed by atoms with Gasteiger partial charge in [0.15, 0.2) is 0 Å². The molecule has 11 heteroatoms. The zero-order valence-corrected chi connectivity index (χ0v) is 18.8. The Morgan fingerprint density at radius 2 is 1.80 bits per heavy atom. The third kappa shape index (κ3) is 7.56. The van der Waals surface area contributed by atoms with E-state index < -0.39 is 21.8 Å². The first kappa shape index (κ1) is 25.8. The fourth-order valence-electron chi connectivity index (χ4n) is 2.82. The first-order chi connectivity index (χ1) is 14.2. The predicted molar refractivity (Wildman–Crippen MR) is 114 cm³/mol. The lowest BCUT2D eigenvalue weighted by molar-refractivity contribution is -0.121. The van der Waals surface area contributed by atoms with Crippen molar-refractivity contribution in [1.29, 1.82) is 0 Å². The van der Waals surface area contributed by atoms with E-state index in [0.717, 1.165) is 0 Å². The first-order valence-corrected chi connectivity index (χ1v) is 11.2. The zero-order chi connectivity index (χ0) is 22.7. The number of carbonyl (C=O) groups excluding carboxylic acids is 2. The maximum absolute atomic E-state index is 13.0. The van der Waals surface area contributed by atoms with Gasteiger partial charge in [0.05, 0.1) is 26.3 Å². The normalized spacial score (nSPS) is 11.7. The summed E-state index contributed by atoms with van der Waals surface area (Å²) in [4.78, 5) is 25.2. The van der Waals surface area contributed by atoms with Crippen LogP contribution >= 0.6 is 0 Å². The van der Waals surface area contributed by atoms with Crippen LogP contribution < -0.4 is 15.8 Å². The van der Waals surface area contributed by atoms with Crippen molar-refractivity contribution in [3.63, 3.8) is 0 Å². The number of ether oxygens (including phenoxy) is 2. The van der Waals surface area contributed by atoms with E-state index in [0.29, 0.717) is 38.5 Å². The number of carbonyl (C=O) groups is 2. The Labute approximate surface area is 178 Å². The van der Waals surface area contributed by atoms with Gasteiger partial charge in [-0.2, -0.15) is 4.31 Å². The summed E-state index contributed by atoms with van der Waals surface area (Å²) in [7, 11) is -2.28. The Kier molecular flexibility index (Phi) is 10.7. The van der Waals surface area contributed by atoms with E-state index in [1.54, 1.807) is 31.7 Å². The second-order valence-corrected chi connectivity index (χ2v) is 8.31. The molecule has 1 aromatic rings. The number of sulfonamides is 1. The summed E-state index contributed by atoms with van der Waals surface area (Å²) in [6, 6.07) is 4.46. The maximum Gasteiger partial charge on any atom is 0.246 e. The molecule has 1 aromatic carbocycles. The highest BCUT2D eigenvalue weighted by atomic mass is 32.2. The van der Waals surface area contributed by atoms with Crippen LogP contribution in [0.25, 0.3) is 0 Å². The number of hydrogen-bond acceptors (Lipinski definition) is 7. The molecule has 0 aliphatic heterocycles. The molecular formula is C19H32N4O6S. The van der Waals surface area contributed by atoms with Crippen molar-refractivity contribution in [2.45, 2.75) is 25.7 Å². The van der Waals surface area contributed by atoms with Crippen molar-refractivity contribution in [3.05, 3.63) is 18.2 Å². The number of nitrogens with zero attached hydrogens (tertiary/aromatic N) is 2. The lowest BCUT2D eigenvalue weighted by Gasteiger charge is -2.22. The fraction of sp³-hybridized carbons (Fsp3) is 0.579. The molecular weight excluding hydrogens is 412 g/mol. The average molecular weight is 445 g/mol. The second kappa shape index (κ2) is 12.5. The predicted octanol–water partition coefficient (Wildman–Crippen LogP) is 0.488. The molecule has 1 rings (SSSR count). The van der Waals surface area contributed by atoms with Gasteiger partial charge in [0.25, 0.3) is 0 Å². The third-order valence-corrected chi connectivity index (χ3v) is 6.28. The lowest BCUT2D eigenvalue weighted by Crippen LogP contribution is -2.40. The Morgan fingerprint density at radius 1 is 1.13 bits per heavy atom. The summed E-state index contributed by atoms with van der Waals surface area (Å²) in [6.45, 7) is 6.66. The minimum absolute atomic E-state index is 0.0146. The van der Waals surface area contributed by atoms with Crippen LogP contribution in [0.2, 0.25) is 0 Å². The summed E-state index contributed by atoms with van der Waals surface area (Å²) in [5.74, 6) is -0.756. The molecule has 0 unspecified atom stereocenters. The van der Waals surface area contributed by atoms with Crippen LogP contribution in [0.4, 0.5) is 5.69 Å². The molecule has 2 amide bonds. The number of benzene rings is 1. The Morgan fingerprint density at radius 3 is 2.33 bits per heavy atom. The van der Waals surface area contributed by atoms with Crippen molar-refractivity contribution >= 4 is 27.5 Å². The number of methoxy groups -OCH3 is 1. The van der Waals surface area contributed by atoms with E-state index in [1.807, 2.05) is 0 Å². The van der Waals surface area contributed by atoms with Gasteiger partial charge in [0.1, 0.15) is 10.6 Å². The quantitative estimate of drug-likeness (QED) is 0.427. The lowest BCUT2D eigenvalue weighted by atomic mass is 10.3. The monoisotopic (exact) mass is 444 g/mol. The van der Waals surface area contributed by atoms with Crippen LogP contribution in [0, 0.1) is 0 Å². The molecule has 3 N–H and O–H groups in total. The smallest absolute Gasteiger partial charge is 0.246 e. The van der Waals surface area contributed by atoms with E-state index in [9.17, 15) is 18.0 Å². The van der Waals surface area contributed by atoms with Crippen LogP contribution in [0.5, 0.6) is 5.75 Å². The SMILES string of the molecule is CCOc1ccc(NC(=O)CN(CCOC)CC(N)=O)cc1S(=O)(=O)N(CC)CC. The zero-order valence-electron chi connectivity index (χ0n) is 18.0. The number of rotatable bonds is 14. The highest BCUT2D eigenvalue weighted by Gasteiger charge is 2.26. The summed E-state index contributed by atoms with van der Waals surface area (Å²) >= 11 is 0. The van der Waals surface area contributed by atoms with Crippen LogP contribution in [-0.2, 0) is 24.3 Å². The second-order valence-electron chi connectivity index (χ2n) is 6.40. The van der Waals surface area contributed by atoms with Crippen molar-refractivity contribution in [2.75, 3.05) is 58.4 Å². The van der Waals surface area contributed by atoms with Crippen LogP contribution in [0.15, 0.2) is 23.1 Å². The number of hydrogen-bond donors (Lipinski definition) is 2. The number of primary amides is 1. The molecule has 0 aromatic heterocycles. The Balaban J connectivity index is 3.09. The molecule has 170 valence electrons. The molecule has 0 radical (unpaired) electrons. The standard InChI is InChI=1S/C19H32N4O6S/c1-5-23(6-2)30(26,27)17-12-15(8-9-16(17)29-7-3)21-19(25)14-22(10-11-28-4)13-18(20)24/h8-9,12H,5-7,10-11,13-14H2,1-4H3,(H2,20,24)(H,21,25). The van der Waals surface area contributed by atoms with E-state index in [1.165, 1.54) is 23.5 Å². The third-order valence-electron chi connectivity index (χ3n) is 4.21. The van der Waals surface area contributed by atoms with Gasteiger partial charge in [0, 0.05) is 32.4 Å². The molecule has 30 heavy (non-hydrogen) atoms. The number of anilines is 1. The summed E-state index contributed by atoms with van der Waals surface area (Å²) in [6.07, 6.45) is 0. The number of nitrogens with one attached hydrogen (secondary N) is 1. The fourth-order valence-corrected chi connectivity index (χ4v) is 4.44.